The van der Waals surface area contributed by atoms with Gasteiger partial charge in [0.25, 0.3) is 15.9 Å². The van der Waals surface area contributed by atoms with Crippen molar-refractivity contribution in [1.82, 2.24) is 14.9 Å². The number of imidazole rings is 1. The number of benzene rings is 3. The minimum absolute atomic E-state index is 0.157. The second-order valence-corrected chi connectivity index (χ2v) is 8.88. The van der Waals surface area contributed by atoms with Crippen molar-refractivity contribution in [3.63, 3.8) is 0 Å². The van der Waals surface area contributed by atoms with Gasteiger partial charge < -0.3 is 9.88 Å². The van der Waals surface area contributed by atoms with E-state index in [9.17, 15) is 13.2 Å². The average Bonchev–Trinajstić information content (AvgIpc) is 3.24. The fourth-order valence-corrected chi connectivity index (χ4v) is 4.32. The van der Waals surface area contributed by atoms with Crippen LogP contribution in [0.2, 0.25) is 0 Å². The highest BCUT2D eigenvalue weighted by Crippen LogP contribution is 2.17. The fraction of sp³-hybridized carbons (Fsp3) is 0.0833. The Labute approximate surface area is 186 Å². The summed E-state index contributed by atoms with van der Waals surface area (Å²) < 4.78 is 29.5. The zero-order valence-corrected chi connectivity index (χ0v) is 18.2. The topological polar surface area (TPSA) is 93.1 Å². The van der Waals surface area contributed by atoms with E-state index >= 15 is 0 Å². The van der Waals surface area contributed by atoms with Crippen molar-refractivity contribution in [3.05, 3.63) is 108 Å². The van der Waals surface area contributed by atoms with Crippen molar-refractivity contribution in [3.8, 4) is 5.69 Å². The molecule has 1 heterocycles. The number of amides is 1. The first-order chi connectivity index (χ1) is 15.4. The molecule has 3 aromatic carbocycles. The lowest BCUT2D eigenvalue weighted by Gasteiger charge is -2.10. The molecule has 0 aliphatic rings. The minimum atomic E-state index is -3.73. The minimum Gasteiger partial charge on any atom is -0.348 e. The van der Waals surface area contributed by atoms with Crippen LogP contribution in [0.1, 0.15) is 21.7 Å². The zero-order valence-electron chi connectivity index (χ0n) is 17.4. The maximum absolute atomic E-state index is 12.6. The van der Waals surface area contributed by atoms with Crippen LogP contribution < -0.4 is 10.0 Å². The number of hydrogen-bond donors (Lipinski definition) is 2. The lowest BCUT2D eigenvalue weighted by atomic mass is 10.1. The number of aryl methyl sites for hydroxylation is 1. The average molecular weight is 447 g/mol. The summed E-state index contributed by atoms with van der Waals surface area (Å²) in [6.07, 6.45) is 3.64. The van der Waals surface area contributed by atoms with Crippen LogP contribution >= 0.6 is 0 Å². The van der Waals surface area contributed by atoms with Crippen molar-refractivity contribution >= 4 is 21.6 Å². The second kappa shape index (κ2) is 9.07. The summed E-state index contributed by atoms with van der Waals surface area (Å²) in [6, 6.07) is 22.3. The second-order valence-electron chi connectivity index (χ2n) is 7.19. The normalized spacial score (nSPS) is 11.2. The number of nitrogens with one attached hydrogen (secondary N) is 2. The van der Waals surface area contributed by atoms with Crippen LogP contribution in [0.5, 0.6) is 0 Å². The molecular weight excluding hydrogens is 424 g/mol. The zero-order chi connectivity index (χ0) is 22.6. The van der Waals surface area contributed by atoms with Crippen molar-refractivity contribution in [2.75, 3.05) is 4.72 Å². The van der Waals surface area contributed by atoms with Crippen molar-refractivity contribution < 1.29 is 13.2 Å². The molecule has 0 radical (unpaired) electrons. The van der Waals surface area contributed by atoms with Gasteiger partial charge in [0.15, 0.2) is 0 Å². The predicted octanol–water partition coefficient (Wildman–Crippen LogP) is 3.91. The van der Waals surface area contributed by atoms with Gasteiger partial charge in [-0.2, -0.15) is 0 Å². The Morgan fingerprint density at radius 2 is 1.72 bits per heavy atom. The highest BCUT2D eigenvalue weighted by molar-refractivity contribution is 7.92. The van der Waals surface area contributed by atoms with Gasteiger partial charge in [-0.1, -0.05) is 36.4 Å². The third-order valence-electron chi connectivity index (χ3n) is 4.92. The Kier molecular flexibility index (Phi) is 6.04. The van der Waals surface area contributed by atoms with Gasteiger partial charge in [-0.25, -0.2) is 13.4 Å². The number of anilines is 1. The molecule has 0 fully saturated rings. The first kappa shape index (κ1) is 21.3. The van der Waals surface area contributed by atoms with Gasteiger partial charge in [-0.3, -0.25) is 9.52 Å². The highest BCUT2D eigenvalue weighted by atomic mass is 32.2. The van der Waals surface area contributed by atoms with E-state index in [0.717, 1.165) is 17.1 Å². The molecule has 0 bridgehead atoms. The van der Waals surface area contributed by atoms with Crippen LogP contribution in [0, 0.1) is 6.92 Å². The summed E-state index contributed by atoms with van der Waals surface area (Å²) in [5, 5.41) is 2.87. The number of sulfonamides is 1. The molecule has 1 amide bonds. The fourth-order valence-electron chi connectivity index (χ4n) is 3.25. The van der Waals surface area contributed by atoms with E-state index in [1.54, 1.807) is 42.6 Å². The summed E-state index contributed by atoms with van der Waals surface area (Å²) in [6.45, 7) is 2.28. The molecule has 2 N–H and O–H groups in total. The van der Waals surface area contributed by atoms with E-state index in [4.69, 9.17) is 0 Å². The van der Waals surface area contributed by atoms with Crippen LogP contribution in [-0.2, 0) is 16.6 Å². The van der Waals surface area contributed by atoms with Gasteiger partial charge in [-0.15, -0.1) is 0 Å². The molecule has 0 unspecified atom stereocenters. The van der Waals surface area contributed by atoms with Gasteiger partial charge in [0.1, 0.15) is 5.82 Å². The first-order valence-electron chi connectivity index (χ1n) is 9.98. The monoisotopic (exact) mass is 446 g/mol. The third kappa shape index (κ3) is 4.87. The summed E-state index contributed by atoms with van der Waals surface area (Å²) in [5.41, 5.74) is 2.62. The number of hydrogen-bond acceptors (Lipinski definition) is 4. The van der Waals surface area contributed by atoms with Gasteiger partial charge >= 0.3 is 0 Å². The maximum Gasteiger partial charge on any atom is 0.261 e. The van der Waals surface area contributed by atoms with E-state index in [1.807, 2.05) is 42.0 Å². The number of nitrogens with zero attached hydrogens (tertiary/aromatic N) is 2. The van der Waals surface area contributed by atoms with E-state index in [1.165, 1.54) is 18.2 Å². The molecule has 0 aliphatic heterocycles. The summed E-state index contributed by atoms with van der Waals surface area (Å²) in [7, 11) is -3.73. The Morgan fingerprint density at radius 1 is 0.969 bits per heavy atom. The molecular formula is C24H22N4O3S. The molecule has 0 atom stereocenters. The highest BCUT2D eigenvalue weighted by Gasteiger charge is 2.14. The molecule has 162 valence electrons. The maximum atomic E-state index is 12.6. The molecule has 0 aliphatic carbocycles. The molecule has 7 nitrogen and oxygen atoms in total. The molecule has 32 heavy (non-hydrogen) atoms. The van der Waals surface area contributed by atoms with E-state index < -0.39 is 10.0 Å². The lowest BCUT2D eigenvalue weighted by molar-refractivity contribution is 0.0951. The van der Waals surface area contributed by atoms with Crippen LogP contribution in [0.15, 0.2) is 96.2 Å². The molecule has 0 saturated carbocycles. The molecule has 4 rings (SSSR count). The van der Waals surface area contributed by atoms with Gasteiger partial charge in [0.05, 0.1) is 4.90 Å². The lowest BCUT2D eigenvalue weighted by Crippen LogP contribution is -2.23. The van der Waals surface area contributed by atoms with Crippen LogP contribution in [0.3, 0.4) is 0 Å². The van der Waals surface area contributed by atoms with E-state index in [0.29, 0.717) is 17.8 Å². The standard InChI is InChI=1S/C24H22N4O3S/c1-18-25-14-15-28(18)22-12-10-19(11-13-22)17-26-24(29)20-6-5-7-21(16-20)27-32(30,31)23-8-3-2-4-9-23/h2-16,27H,17H2,1H3,(H,26,29). The Hall–Kier alpha value is -3.91. The van der Waals surface area contributed by atoms with Crippen LogP contribution in [0.25, 0.3) is 5.69 Å². The molecule has 4 aromatic rings. The number of rotatable bonds is 7. The largest absolute Gasteiger partial charge is 0.348 e. The molecule has 1 aromatic heterocycles. The van der Waals surface area contributed by atoms with Gasteiger partial charge in [-0.05, 0) is 55.0 Å². The van der Waals surface area contributed by atoms with Crippen molar-refractivity contribution in [2.24, 2.45) is 0 Å². The van der Waals surface area contributed by atoms with Gasteiger partial charge in [0.2, 0.25) is 0 Å². The smallest absolute Gasteiger partial charge is 0.261 e. The van der Waals surface area contributed by atoms with Gasteiger partial charge in [0, 0.05) is 35.9 Å². The Morgan fingerprint density at radius 3 is 2.41 bits per heavy atom. The SMILES string of the molecule is Cc1nccn1-c1ccc(CNC(=O)c2cccc(NS(=O)(=O)c3ccccc3)c2)cc1. The Balaban J connectivity index is 1.40. The Bertz CT molecular complexity index is 1330. The van der Waals surface area contributed by atoms with E-state index in [-0.39, 0.29) is 10.8 Å². The van der Waals surface area contributed by atoms with Crippen LogP contribution in [0.4, 0.5) is 5.69 Å². The number of carbonyl (C=O) groups is 1. The quantitative estimate of drug-likeness (QED) is 0.450. The summed E-state index contributed by atoms with van der Waals surface area (Å²) in [5.74, 6) is 0.606. The number of aromatic nitrogens is 2. The molecule has 0 saturated heterocycles. The third-order valence-corrected chi connectivity index (χ3v) is 6.32. The molecule has 0 spiro atoms. The first-order valence-corrected chi connectivity index (χ1v) is 11.5. The summed E-state index contributed by atoms with van der Waals surface area (Å²) >= 11 is 0. The van der Waals surface area contributed by atoms with Crippen LogP contribution in [-0.4, -0.2) is 23.9 Å². The van der Waals surface area contributed by atoms with Crippen molar-refractivity contribution in [1.29, 1.82) is 0 Å². The predicted molar refractivity (Wildman–Crippen MR) is 123 cm³/mol. The van der Waals surface area contributed by atoms with Crippen molar-refractivity contribution in [2.45, 2.75) is 18.4 Å². The van der Waals surface area contributed by atoms with E-state index in [2.05, 4.69) is 15.0 Å². The molecule has 8 heteroatoms. The summed E-state index contributed by atoms with van der Waals surface area (Å²) in [4.78, 5) is 17.0. The number of carbonyl (C=O) groups excluding carboxylic acids is 1.